The summed E-state index contributed by atoms with van der Waals surface area (Å²) in [6, 6.07) is 9.39. The van der Waals surface area contributed by atoms with Gasteiger partial charge in [-0.15, -0.1) is 0 Å². The first kappa shape index (κ1) is 14.1. The first-order valence-electron chi connectivity index (χ1n) is 5.94. The molecule has 104 valence electrons. The number of hydrogen-bond donors (Lipinski definition) is 1. The molecule has 0 atom stereocenters. The molecule has 1 amide bonds. The zero-order valence-corrected chi connectivity index (χ0v) is 11.4. The second-order valence-corrected chi connectivity index (χ2v) is 4.23. The highest BCUT2D eigenvalue weighted by Gasteiger charge is 2.12. The molecule has 0 saturated carbocycles. The molecular formula is C14H12ClNO4. The van der Waals surface area contributed by atoms with Gasteiger partial charge in [0.05, 0.1) is 12.2 Å². The molecule has 5 nitrogen and oxygen atoms in total. The summed E-state index contributed by atoms with van der Waals surface area (Å²) in [7, 11) is 0. The van der Waals surface area contributed by atoms with E-state index in [1.165, 1.54) is 18.2 Å². The van der Waals surface area contributed by atoms with Crippen LogP contribution in [0, 0.1) is 0 Å². The molecule has 2 rings (SSSR count). The summed E-state index contributed by atoms with van der Waals surface area (Å²) in [5.74, 6) is -0.793. The molecule has 1 aromatic heterocycles. The molecule has 1 heterocycles. The number of anilines is 1. The van der Waals surface area contributed by atoms with Crippen LogP contribution in [0.15, 0.2) is 40.8 Å². The van der Waals surface area contributed by atoms with Gasteiger partial charge in [-0.25, -0.2) is 4.79 Å². The predicted molar refractivity (Wildman–Crippen MR) is 74.1 cm³/mol. The van der Waals surface area contributed by atoms with Crippen LogP contribution in [0.25, 0.3) is 0 Å². The van der Waals surface area contributed by atoms with E-state index in [2.05, 4.69) is 5.32 Å². The fourth-order valence-electron chi connectivity index (χ4n) is 1.57. The van der Waals surface area contributed by atoms with Crippen molar-refractivity contribution in [1.29, 1.82) is 0 Å². The monoisotopic (exact) mass is 293 g/mol. The van der Waals surface area contributed by atoms with Crippen molar-refractivity contribution in [2.75, 3.05) is 11.9 Å². The number of halogens is 1. The average molecular weight is 294 g/mol. The van der Waals surface area contributed by atoms with Crippen molar-refractivity contribution in [3.63, 3.8) is 0 Å². The Morgan fingerprint density at radius 2 is 2.10 bits per heavy atom. The highest BCUT2D eigenvalue weighted by molar-refractivity contribution is 6.29. The van der Waals surface area contributed by atoms with Crippen LogP contribution < -0.4 is 5.32 Å². The third-order valence-electron chi connectivity index (χ3n) is 2.43. The normalized spacial score (nSPS) is 10.1. The van der Waals surface area contributed by atoms with Crippen LogP contribution in [0.4, 0.5) is 5.69 Å². The Hall–Kier alpha value is -2.27. The van der Waals surface area contributed by atoms with E-state index in [-0.39, 0.29) is 11.0 Å². The lowest BCUT2D eigenvalue weighted by atomic mass is 10.2. The van der Waals surface area contributed by atoms with Gasteiger partial charge in [-0.05, 0) is 48.9 Å². The number of esters is 1. The number of nitrogens with one attached hydrogen (secondary N) is 1. The van der Waals surface area contributed by atoms with E-state index in [0.29, 0.717) is 17.9 Å². The number of hydrogen-bond acceptors (Lipinski definition) is 4. The van der Waals surface area contributed by atoms with Crippen LogP contribution in [0.3, 0.4) is 0 Å². The van der Waals surface area contributed by atoms with Gasteiger partial charge in [-0.2, -0.15) is 0 Å². The largest absolute Gasteiger partial charge is 0.462 e. The molecule has 0 saturated heterocycles. The Labute approximate surface area is 120 Å². The van der Waals surface area contributed by atoms with Crippen LogP contribution in [0.2, 0.25) is 5.22 Å². The maximum absolute atomic E-state index is 11.9. The van der Waals surface area contributed by atoms with Crippen molar-refractivity contribution in [3.05, 3.63) is 52.9 Å². The van der Waals surface area contributed by atoms with Crippen molar-refractivity contribution in [2.45, 2.75) is 6.92 Å². The number of carbonyl (C=O) groups excluding carboxylic acids is 2. The number of ether oxygens (including phenoxy) is 1. The van der Waals surface area contributed by atoms with Gasteiger partial charge >= 0.3 is 5.97 Å². The zero-order valence-electron chi connectivity index (χ0n) is 10.7. The average Bonchev–Trinajstić information content (AvgIpc) is 2.86. The number of carbonyl (C=O) groups is 2. The smallest absolute Gasteiger partial charge is 0.338 e. The summed E-state index contributed by atoms with van der Waals surface area (Å²) in [6.07, 6.45) is 0. The molecular weight excluding hydrogens is 282 g/mol. The second-order valence-electron chi connectivity index (χ2n) is 3.86. The van der Waals surface area contributed by atoms with E-state index in [1.54, 1.807) is 25.1 Å². The number of furan rings is 1. The molecule has 0 radical (unpaired) electrons. The maximum atomic E-state index is 11.9. The highest BCUT2D eigenvalue weighted by Crippen LogP contribution is 2.16. The van der Waals surface area contributed by atoms with Crippen LogP contribution in [-0.4, -0.2) is 18.5 Å². The Morgan fingerprint density at radius 1 is 1.30 bits per heavy atom. The molecule has 20 heavy (non-hydrogen) atoms. The fourth-order valence-corrected chi connectivity index (χ4v) is 1.71. The first-order chi connectivity index (χ1) is 9.60. The zero-order chi connectivity index (χ0) is 14.5. The fraction of sp³-hybridized carbons (Fsp3) is 0.143. The molecule has 1 N–H and O–H groups in total. The van der Waals surface area contributed by atoms with Gasteiger partial charge < -0.3 is 14.5 Å². The molecule has 0 fully saturated rings. The molecule has 2 aromatic rings. The van der Waals surface area contributed by atoms with Gasteiger partial charge in [0.1, 0.15) is 0 Å². The topological polar surface area (TPSA) is 68.5 Å². The van der Waals surface area contributed by atoms with Crippen molar-refractivity contribution in [3.8, 4) is 0 Å². The van der Waals surface area contributed by atoms with Gasteiger partial charge in [0.15, 0.2) is 11.0 Å². The Balaban J connectivity index is 2.12. The molecule has 0 aliphatic carbocycles. The van der Waals surface area contributed by atoms with Crippen molar-refractivity contribution >= 4 is 29.2 Å². The summed E-state index contributed by atoms with van der Waals surface area (Å²) in [5, 5.41) is 2.74. The molecule has 0 bridgehead atoms. The van der Waals surface area contributed by atoms with Gasteiger partial charge in [0.25, 0.3) is 5.91 Å². The lowest BCUT2D eigenvalue weighted by Gasteiger charge is -2.06. The third-order valence-corrected chi connectivity index (χ3v) is 2.63. The first-order valence-corrected chi connectivity index (χ1v) is 6.32. The minimum atomic E-state index is -0.446. The van der Waals surface area contributed by atoms with Gasteiger partial charge in [0.2, 0.25) is 0 Å². The summed E-state index contributed by atoms with van der Waals surface area (Å²) in [6.45, 7) is 2.02. The van der Waals surface area contributed by atoms with Crippen molar-refractivity contribution in [2.24, 2.45) is 0 Å². The van der Waals surface area contributed by atoms with Crippen LogP contribution in [0.5, 0.6) is 0 Å². The van der Waals surface area contributed by atoms with Gasteiger partial charge in [0, 0.05) is 5.69 Å². The van der Waals surface area contributed by atoms with E-state index in [0.717, 1.165) is 0 Å². The lowest BCUT2D eigenvalue weighted by Crippen LogP contribution is -2.12. The van der Waals surface area contributed by atoms with Crippen molar-refractivity contribution in [1.82, 2.24) is 0 Å². The highest BCUT2D eigenvalue weighted by atomic mass is 35.5. The minimum absolute atomic E-state index is 0.0940. The van der Waals surface area contributed by atoms with E-state index in [9.17, 15) is 9.59 Å². The number of amides is 1. The van der Waals surface area contributed by atoms with Crippen LogP contribution in [0.1, 0.15) is 27.8 Å². The minimum Gasteiger partial charge on any atom is -0.462 e. The van der Waals surface area contributed by atoms with E-state index in [1.807, 2.05) is 0 Å². The molecule has 0 spiro atoms. The van der Waals surface area contributed by atoms with E-state index < -0.39 is 11.9 Å². The quantitative estimate of drug-likeness (QED) is 0.878. The lowest BCUT2D eigenvalue weighted by molar-refractivity contribution is 0.0526. The van der Waals surface area contributed by atoms with Crippen LogP contribution in [-0.2, 0) is 4.74 Å². The summed E-state index contributed by atoms with van der Waals surface area (Å²) < 4.78 is 9.88. The SMILES string of the molecule is CCOC(=O)c1cccc(NC(=O)c2ccc(Cl)o2)c1. The molecule has 0 aliphatic heterocycles. The van der Waals surface area contributed by atoms with Crippen molar-refractivity contribution < 1.29 is 18.7 Å². The second kappa shape index (κ2) is 6.25. The third kappa shape index (κ3) is 3.39. The molecule has 0 unspecified atom stereocenters. The summed E-state index contributed by atoms with van der Waals surface area (Å²) in [4.78, 5) is 23.4. The Morgan fingerprint density at radius 3 is 2.75 bits per heavy atom. The van der Waals surface area contributed by atoms with Gasteiger partial charge in [-0.3, -0.25) is 4.79 Å². The van der Waals surface area contributed by atoms with Crippen LogP contribution >= 0.6 is 11.6 Å². The van der Waals surface area contributed by atoms with E-state index in [4.69, 9.17) is 20.8 Å². The van der Waals surface area contributed by atoms with Gasteiger partial charge in [-0.1, -0.05) is 6.07 Å². The molecule has 0 aliphatic rings. The molecule has 6 heteroatoms. The van der Waals surface area contributed by atoms with E-state index >= 15 is 0 Å². The Kier molecular flexibility index (Phi) is 4.42. The number of rotatable bonds is 4. The summed E-state index contributed by atoms with van der Waals surface area (Å²) in [5.41, 5.74) is 0.829. The maximum Gasteiger partial charge on any atom is 0.338 e. The standard InChI is InChI=1S/C14H12ClNO4/c1-2-19-14(18)9-4-3-5-10(8-9)16-13(17)11-6-7-12(15)20-11/h3-8H,2H2,1H3,(H,16,17). The Bertz CT molecular complexity index is 636. The molecule has 1 aromatic carbocycles. The predicted octanol–water partition coefficient (Wildman–Crippen LogP) is 3.36. The number of benzene rings is 1. The summed E-state index contributed by atoms with van der Waals surface area (Å²) >= 11 is 5.60.